The second kappa shape index (κ2) is 5.33. The molecule has 1 amide bonds. The van der Waals surface area contributed by atoms with Crippen molar-refractivity contribution in [3.05, 3.63) is 35.4 Å². The Bertz CT molecular complexity index is 454. The lowest BCUT2D eigenvalue weighted by Gasteiger charge is -2.26. The fourth-order valence-corrected chi connectivity index (χ4v) is 3.54. The molecule has 2 aliphatic rings. The SMILES string of the molecule is NCc1ccc(C2CC(=O)N3CCCCCC23)cc1. The summed E-state index contributed by atoms with van der Waals surface area (Å²) in [6.45, 7) is 1.54. The van der Waals surface area contributed by atoms with Crippen LogP contribution in [0.15, 0.2) is 24.3 Å². The van der Waals surface area contributed by atoms with Crippen molar-refractivity contribution >= 4 is 5.91 Å². The molecule has 2 N–H and O–H groups in total. The number of carbonyl (C=O) groups excluding carboxylic acids is 1. The molecule has 2 heterocycles. The van der Waals surface area contributed by atoms with Gasteiger partial charge in [-0.1, -0.05) is 37.1 Å². The molecule has 19 heavy (non-hydrogen) atoms. The van der Waals surface area contributed by atoms with E-state index in [0.717, 1.165) is 18.5 Å². The second-order valence-electron chi connectivity index (χ2n) is 5.76. The number of nitrogens with zero attached hydrogens (tertiary/aromatic N) is 1. The van der Waals surface area contributed by atoms with Crippen molar-refractivity contribution < 1.29 is 4.79 Å². The maximum atomic E-state index is 12.2. The van der Waals surface area contributed by atoms with Crippen LogP contribution in [0.5, 0.6) is 0 Å². The van der Waals surface area contributed by atoms with Gasteiger partial charge in [0.25, 0.3) is 0 Å². The summed E-state index contributed by atoms with van der Waals surface area (Å²) in [5.74, 6) is 0.734. The number of benzene rings is 1. The third kappa shape index (κ3) is 2.39. The Morgan fingerprint density at radius 3 is 2.68 bits per heavy atom. The maximum Gasteiger partial charge on any atom is 0.223 e. The average Bonchev–Trinajstić information content (AvgIpc) is 2.65. The predicted molar refractivity (Wildman–Crippen MR) is 75.7 cm³/mol. The van der Waals surface area contributed by atoms with Gasteiger partial charge in [0.15, 0.2) is 0 Å². The fourth-order valence-electron chi connectivity index (χ4n) is 3.54. The molecule has 2 aliphatic heterocycles. The molecule has 1 aromatic rings. The quantitative estimate of drug-likeness (QED) is 0.885. The number of rotatable bonds is 2. The van der Waals surface area contributed by atoms with Crippen LogP contribution >= 0.6 is 0 Å². The van der Waals surface area contributed by atoms with Gasteiger partial charge in [-0.05, 0) is 24.0 Å². The zero-order chi connectivity index (χ0) is 13.2. The van der Waals surface area contributed by atoms with Gasteiger partial charge in [0.2, 0.25) is 5.91 Å². The van der Waals surface area contributed by atoms with Crippen LogP contribution in [-0.4, -0.2) is 23.4 Å². The smallest absolute Gasteiger partial charge is 0.223 e. The zero-order valence-electron chi connectivity index (χ0n) is 11.3. The molecule has 2 saturated heterocycles. The third-order valence-electron chi connectivity index (χ3n) is 4.62. The monoisotopic (exact) mass is 258 g/mol. The minimum atomic E-state index is 0.347. The molecule has 2 unspecified atom stereocenters. The zero-order valence-corrected chi connectivity index (χ0v) is 11.3. The molecule has 0 bridgehead atoms. The molecule has 102 valence electrons. The van der Waals surface area contributed by atoms with E-state index in [0.29, 0.717) is 30.8 Å². The summed E-state index contributed by atoms with van der Waals surface area (Å²) in [5, 5.41) is 0. The van der Waals surface area contributed by atoms with Crippen molar-refractivity contribution in [2.24, 2.45) is 5.73 Å². The summed E-state index contributed by atoms with van der Waals surface area (Å²) in [5.41, 5.74) is 8.10. The summed E-state index contributed by atoms with van der Waals surface area (Å²) < 4.78 is 0. The highest BCUT2D eigenvalue weighted by Crippen LogP contribution is 2.38. The molecular weight excluding hydrogens is 236 g/mol. The Morgan fingerprint density at radius 2 is 1.95 bits per heavy atom. The summed E-state index contributed by atoms with van der Waals surface area (Å²) in [6, 6.07) is 8.94. The van der Waals surface area contributed by atoms with E-state index in [4.69, 9.17) is 5.73 Å². The largest absolute Gasteiger partial charge is 0.339 e. The first-order valence-corrected chi connectivity index (χ1v) is 7.38. The molecule has 2 atom stereocenters. The van der Waals surface area contributed by atoms with E-state index < -0.39 is 0 Å². The van der Waals surface area contributed by atoms with Crippen LogP contribution in [-0.2, 0) is 11.3 Å². The van der Waals surface area contributed by atoms with Gasteiger partial charge < -0.3 is 10.6 Å². The average molecular weight is 258 g/mol. The molecule has 3 nitrogen and oxygen atoms in total. The van der Waals surface area contributed by atoms with Gasteiger partial charge in [0.05, 0.1) is 0 Å². The van der Waals surface area contributed by atoms with Crippen molar-refractivity contribution in [3.63, 3.8) is 0 Å². The minimum absolute atomic E-state index is 0.347. The van der Waals surface area contributed by atoms with E-state index in [2.05, 4.69) is 29.2 Å². The van der Waals surface area contributed by atoms with E-state index in [9.17, 15) is 4.79 Å². The van der Waals surface area contributed by atoms with Crippen molar-refractivity contribution in [3.8, 4) is 0 Å². The standard InChI is InChI=1S/C16H22N2O/c17-11-12-5-7-13(8-6-12)14-10-16(19)18-9-3-1-2-4-15(14)18/h5-8,14-15H,1-4,9-11,17H2. The Hall–Kier alpha value is -1.35. The van der Waals surface area contributed by atoms with E-state index >= 15 is 0 Å². The summed E-state index contributed by atoms with van der Waals surface area (Å²) in [4.78, 5) is 14.3. The normalized spacial score (nSPS) is 27.2. The van der Waals surface area contributed by atoms with E-state index in [-0.39, 0.29) is 0 Å². The molecule has 0 radical (unpaired) electrons. The van der Waals surface area contributed by atoms with Gasteiger partial charge in [0, 0.05) is 31.5 Å². The summed E-state index contributed by atoms with van der Waals surface area (Å²) >= 11 is 0. The van der Waals surface area contributed by atoms with Gasteiger partial charge in [-0.2, -0.15) is 0 Å². The predicted octanol–water partition coefficient (Wildman–Crippen LogP) is 2.40. The van der Waals surface area contributed by atoms with Gasteiger partial charge in [-0.15, -0.1) is 0 Å². The van der Waals surface area contributed by atoms with Gasteiger partial charge in [0.1, 0.15) is 0 Å². The van der Waals surface area contributed by atoms with Crippen LogP contribution < -0.4 is 5.73 Å². The Labute approximate surface area is 114 Å². The molecule has 0 saturated carbocycles. The first-order chi connectivity index (χ1) is 9.29. The fraction of sp³-hybridized carbons (Fsp3) is 0.562. The number of amides is 1. The Morgan fingerprint density at radius 1 is 1.16 bits per heavy atom. The maximum absolute atomic E-state index is 12.2. The van der Waals surface area contributed by atoms with E-state index in [1.807, 2.05) is 0 Å². The van der Waals surface area contributed by atoms with Crippen molar-refractivity contribution in [2.45, 2.75) is 50.6 Å². The number of hydrogen-bond donors (Lipinski definition) is 1. The van der Waals surface area contributed by atoms with Gasteiger partial charge >= 0.3 is 0 Å². The summed E-state index contributed by atoms with van der Waals surface area (Å²) in [7, 11) is 0. The van der Waals surface area contributed by atoms with Crippen LogP contribution in [0.2, 0.25) is 0 Å². The van der Waals surface area contributed by atoms with Crippen LogP contribution in [0.1, 0.15) is 49.1 Å². The molecular formula is C16H22N2O. The lowest BCUT2D eigenvalue weighted by molar-refractivity contribution is -0.128. The molecule has 0 aliphatic carbocycles. The van der Waals surface area contributed by atoms with Crippen molar-refractivity contribution in [1.29, 1.82) is 0 Å². The third-order valence-corrected chi connectivity index (χ3v) is 4.62. The highest BCUT2D eigenvalue weighted by atomic mass is 16.2. The Kier molecular flexibility index (Phi) is 3.56. The van der Waals surface area contributed by atoms with Crippen LogP contribution in [0.4, 0.5) is 0 Å². The molecule has 2 fully saturated rings. The highest BCUT2D eigenvalue weighted by molar-refractivity contribution is 5.80. The van der Waals surface area contributed by atoms with Crippen molar-refractivity contribution in [2.75, 3.05) is 6.54 Å². The number of fused-ring (bicyclic) bond motifs is 1. The van der Waals surface area contributed by atoms with Crippen LogP contribution in [0.25, 0.3) is 0 Å². The van der Waals surface area contributed by atoms with Gasteiger partial charge in [-0.25, -0.2) is 0 Å². The molecule has 3 rings (SSSR count). The number of nitrogens with two attached hydrogens (primary N) is 1. The Balaban J connectivity index is 1.84. The molecule has 1 aromatic carbocycles. The van der Waals surface area contributed by atoms with E-state index in [1.54, 1.807) is 0 Å². The topological polar surface area (TPSA) is 46.3 Å². The van der Waals surface area contributed by atoms with Crippen molar-refractivity contribution in [1.82, 2.24) is 4.90 Å². The summed E-state index contributed by atoms with van der Waals surface area (Å²) in [6.07, 6.45) is 5.54. The molecule has 3 heteroatoms. The second-order valence-corrected chi connectivity index (χ2v) is 5.76. The number of carbonyl (C=O) groups is 1. The lowest BCUT2D eigenvalue weighted by atomic mass is 9.89. The first kappa shape index (κ1) is 12.7. The molecule has 0 spiro atoms. The van der Waals surface area contributed by atoms with Crippen LogP contribution in [0.3, 0.4) is 0 Å². The van der Waals surface area contributed by atoms with Gasteiger partial charge in [-0.3, -0.25) is 4.79 Å². The number of hydrogen-bond acceptors (Lipinski definition) is 2. The first-order valence-electron chi connectivity index (χ1n) is 7.38. The minimum Gasteiger partial charge on any atom is -0.339 e. The molecule has 0 aromatic heterocycles. The van der Waals surface area contributed by atoms with Crippen LogP contribution in [0, 0.1) is 0 Å². The lowest BCUT2D eigenvalue weighted by Crippen LogP contribution is -2.34. The van der Waals surface area contributed by atoms with E-state index in [1.165, 1.54) is 24.8 Å². The highest BCUT2D eigenvalue weighted by Gasteiger charge is 2.40.